The topological polar surface area (TPSA) is 50.8 Å². The van der Waals surface area contributed by atoms with E-state index in [0.717, 1.165) is 39.1 Å². The Balaban J connectivity index is 2.38. The van der Waals surface area contributed by atoms with Gasteiger partial charge in [0.05, 0.1) is 13.7 Å². The summed E-state index contributed by atoms with van der Waals surface area (Å²) >= 11 is 0. The zero-order valence-corrected chi connectivity index (χ0v) is 14.3. The highest BCUT2D eigenvalue weighted by Crippen LogP contribution is 2.20. The van der Waals surface area contributed by atoms with Gasteiger partial charge < -0.3 is 14.4 Å². The van der Waals surface area contributed by atoms with Gasteiger partial charge in [-0.05, 0) is 59.0 Å². The average Bonchev–Trinajstić information content (AvgIpc) is 2.85. The number of rotatable bonds is 9. The first-order valence-corrected chi connectivity index (χ1v) is 7.98. The van der Waals surface area contributed by atoms with E-state index >= 15 is 0 Å². The van der Waals surface area contributed by atoms with Crippen molar-refractivity contribution >= 4 is 5.97 Å². The van der Waals surface area contributed by atoms with E-state index in [1.54, 1.807) is 7.11 Å². The fraction of sp³-hybridized carbons (Fsp3) is 0.938. The molecule has 124 valence electrons. The van der Waals surface area contributed by atoms with Gasteiger partial charge in [0.2, 0.25) is 0 Å². The standard InChI is InChI=1S/C16H32N2O3/c1-13(2)17-16(3,15(19)21-5)8-6-9-18-10-7-14(11-18)12-20-4/h13-14,17H,6-12H2,1-5H3. The van der Waals surface area contributed by atoms with E-state index in [-0.39, 0.29) is 12.0 Å². The van der Waals surface area contributed by atoms with Crippen LogP contribution in [0, 0.1) is 5.92 Å². The molecule has 1 fully saturated rings. The van der Waals surface area contributed by atoms with Crippen LogP contribution < -0.4 is 5.32 Å². The van der Waals surface area contributed by atoms with Crippen LogP contribution in [0.2, 0.25) is 0 Å². The molecule has 0 amide bonds. The second kappa shape index (κ2) is 8.71. The molecule has 0 aromatic rings. The summed E-state index contributed by atoms with van der Waals surface area (Å²) < 4.78 is 10.2. The third-order valence-corrected chi connectivity index (χ3v) is 4.17. The smallest absolute Gasteiger partial charge is 0.325 e. The first-order valence-electron chi connectivity index (χ1n) is 7.98. The number of esters is 1. The second-order valence-electron chi connectivity index (χ2n) is 6.64. The van der Waals surface area contributed by atoms with Gasteiger partial charge >= 0.3 is 5.97 Å². The van der Waals surface area contributed by atoms with Gasteiger partial charge in [0.1, 0.15) is 5.54 Å². The van der Waals surface area contributed by atoms with Crippen molar-refractivity contribution in [3.8, 4) is 0 Å². The molecule has 2 atom stereocenters. The summed E-state index contributed by atoms with van der Waals surface area (Å²) in [6.07, 6.45) is 3.00. The van der Waals surface area contributed by atoms with E-state index in [0.29, 0.717) is 5.92 Å². The minimum Gasteiger partial charge on any atom is -0.468 e. The molecule has 0 radical (unpaired) electrons. The van der Waals surface area contributed by atoms with Gasteiger partial charge in [0.15, 0.2) is 0 Å². The Morgan fingerprint density at radius 1 is 1.43 bits per heavy atom. The number of likely N-dealkylation sites (tertiary alicyclic amines) is 1. The quantitative estimate of drug-likeness (QED) is 0.656. The molecule has 1 saturated heterocycles. The minimum absolute atomic E-state index is 0.171. The molecule has 21 heavy (non-hydrogen) atoms. The van der Waals surface area contributed by atoms with Crippen LogP contribution in [-0.2, 0) is 14.3 Å². The van der Waals surface area contributed by atoms with Crippen molar-refractivity contribution in [3.63, 3.8) is 0 Å². The van der Waals surface area contributed by atoms with Crippen LogP contribution in [0.15, 0.2) is 0 Å². The fourth-order valence-corrected chi connectivity index (χ4v) is 3.24. The average molecular weight is 300 g/mol. The Labute approximate surface area is 129 Å². The van der Waals surface area contributed by atoms with Gasteiger partial charge in [0, 0.05) is 19.7 Å². The number of methoxy groups -OCH3 is 2. The predicted molar refractivity (Wildman–Crippen MR) is 84.3 cm³/mol. The molecule has 5 nitrogen and oxygen atoms in total. The second-order valence-corrected chi connectivity index (χ2v) is 6.64. The first-order chi connectivity index (χ1) is 9.91. The van der Waals surface area contributed by atoms with Crippen LogP contribution in [0.1, 0.15) is 40.0 Å². The largest absolute Gasteiger partial charge is 0.468 e. The van der Waals surface area contributed by atoms with Gasteiger partial charge in [-0.1, -0.05) is 0 Å². The molecule has 1 aliphatic rings. The van der Waals surface area contributed by atoms with E-state index in [1.165, 1.54) is 13.5 Å². The van der Waals surface area contributed by atoms with E-state index < -0.39 is 5.54 Å². The first kappa shape index (κ1) is 18.4. The molecule has 5 heteroatoms. The summed E-state index contributed by atoms with van der Waals surface area (Å²) in [5.41, 5.74) is -0.589. The number of carbonyl (C=O) groups is 1. The van der Waals surface area contributed by atoms with Crippen molar-refractivity contribution in [3.05, 3.63) is 0 Å². The van der Waals surface area contributed by atoms with Gasteiger partial charge in [-0.15, -0.1) is 0 Å². The maximum absolute atomic E-state index is 12.0. The van der Waals surface area contributed by atoms with Crippen molar-refractivity contribution < 1.29 is 14.3 Å². The Kier molecular flexibility index (Phi) is 7.63. The zero-order chi connectivity index (χ0) is 15.9. The van der Waals surface area contributed by atoms with Crippen LogP contribution in [0.3, 0.4) is 0 Å². The number of ether oxygens (including phenoxy) is 2. The van der Waals surface area contributed by atoms with Crippen LogP contribution in [0.25, 0.3) is 0 Å². The lowest BCUT2D eigenvalue weighted by molar-refractivity contribution is -0.148. The summed E-state index contributed by atoms with van der Waals surface area (Å²) in [6.45, 7) is 10.2. The summed E-state index contributed by atoms with van der Waals surface area (Å²) in [4.78, 5) is 14.5. The maximum atomic E-state index is 12.0. The number of hydrogen-bond donors (Lipinski definition) is 1. The Bertz CT molecular complexity index is 323. The SMILES string of the molecule is COCC1CCN(CCCC(C)(NC(C)C)C(=O)OC)C1. The number of hydrogen-bond acceptors (Lipinski definition) is 5. The van der Waals surface area contributed by atoms with Crippen LogP contribution in [0.4, 0.5) is 0 Å². The van der Waals surface area contributed by atoms with E-state index in [2.05, 4.69) is 24.1 Å². The Hall–Kier alpha value is -0.650. The van der Waals surface area contributed by atoms with Gasteiger partial charge in [-0.25, -0.2) is 0 Å². The summed E-state index contributed by atoms with van der Waals surface area (Å²) in [6, 6.07) is 0.256. The molecule has 0 bridgehead atoms. The lowest BCUT2D eigenvalue weighted by Gasteiger charge is -2.31. The molecular weight excluding hydrogens is 268 g/mol. The van der Waals surface area contributed by atoms with Crippen molar-refractivity contribution in [1.29, 1.82) is 0 Å². The summed E-state index contributed by atoms with van der Waals surface area (Å²) in [5.74, 6) is 0.491. The molecule has 1 aliphatic heterocycles. The monoisotopic (exact) mass is 300 g/mol. The molecule has 0 aromatic heterocycles. The van der Waals surface area contributed by atoms with Gasteiger partial charge in [-0.3, -0.25) is 10.1 Å². The third kappa shape index (κ3) is 5.93. The highest BCUT2D eigenvalue weighted by Gasteiger charge is 2.34. The van der Waals surface area contributed by atoms with Gasteiger partial charge in [-0.2, -0.15) is 0 Å². The van der Waals surface area contributed by atoms with Crippen LogP contribution in [0.5, 0.6) is 0 Å². The van der Waals surface area contributed by atoms with Crippen molar-refractivity contribution in [2.75, 3.05) is 40.5 Å². The highest BCUT2D eigenvalue weighted by atomic mass is 16.5. The number of nitrogens with one attached hydrogen (secondary N) is 1. The fourth-order valence-electron chi connectivity index (χ4n) is 3.24. The van der Waals surface area contributed by atoms with E-state index in [1.807, 2.05) is 6.92 Å². The summed E-state index contributed by atoms with van der Waals surface area (Å²) in [7, 11) is 3.22. The molecule has 0 aromatic carbocycles. The molecule has 1 heterocycles. The van der Waals surface area contributed by atoms with E-state index in [4.69, 9.17) is 9.47 Å². The number of carbonyl (C=O) groups excluding carboxylic acids is 1. The van der Waals surface area contributed by atoms with Gasteiger partial charge in [0.25, 0.3) is 0 Å². The minimum atomic E-state index is -0.589. The van der Waals surface area contributed by atoms with Crippen LogP contribution in [-0.4, -0.2) is 62.9 Å². The molecule has 0 saturated carbocycles. The van der Waals surface area contributed by atoms with Crippen molar-refractivity contribution in [2.45, 2.75) is 51.6 Å². The molecule has 1 rings (SSSR count). The van der Waals surface area contributed by atoms with Crippen molar-refractivity contribution in [2.24, 2.45) is 5.92 Å². The third-order valence-electron chi connectivity index (χ3n) is 4.17. The molecule has 2 unspecified atom stereocenters. The summed E-state index contributed by atoms with van der Waals surface area (Å²) in [5, 5.41) is 3.35. The lowest BCUT2D eigenvalue weighted by Crippen LogP contribution is -2.53. The predicted octanol–water partition coefficient (Wildman–Crippen LogP) is 1.66. The highest BCUT2D eigenvalue weighted by molar-refractivity contribution is 5.80. The molecule has 0 spiro atoms. The molecule has 1 N–H and O–H groups in total. The Morgan fingerprint density at radius 2 is 2.14 bits per heavy atom. The molecule has 0 aliphatic carbocycles. The van der Waals surface area contributed by atoms with Crippen LogP contribution >= 0.6 is 0 Å². The van der Waals surface area contributed by atoms with Crippen molar-refractivity contribution in [1.82, 2.24) is 10.2 Å². The normalized spacial score (nSPS) is 22.5. The molecular formula is C16H32N2O3. The Morgan fingerprint density at radius 3 is 2.71 bits per heavy atom. The lowest BCUT2D eigenvalue weighted by atomic mass is 9.94. The number of nitrogens with zero attached hydrogens (tertiary/aromatic N) is 1. The zero-order valence-electron chi connectivity index (χ0n) is 14.3. The maximum Gasteiger partial charge on any atom is 0.325 e. The van der Waals surface area contributed by atoms with E-state index in [9.17, 15) is 4.79 Å².